The Morgan fingerprint density at radius 2 is 1.21 bits per heavy atom. The third kappa shape index (κ3) is 2.39. The minimum atomic E-state index is 0.988. The van der Waals surface area contributed by atoms with Gasteiger partial charge < -0.3 is 0 Å². The molecule has 0 saturated heterocycles. The van der Waals surface area contributed by atoms with Crippen molar-refractivity contribution in [2.24, 2.45) is 0 Å². The van der Waals surface area contributed by atoms with Crippen LogP contribution in [0.25, 0.3) is 49.7 Å². The van der Waals surface area contributed by atoms with Crippen LogP contribution in [0.2, 0.25) is 0 Å². The van der Waals surface area contributed by atoms with Gasteiger partial charge in [0.25, 0.3) is 0 Å². The molecule has 2 nitrogen and oxygen atoms in total. The Kier molecular flexibility index (Phi) is 3.50. The molecule has 3 aromatic carbocycles. The molecule has 29 heavy (non-hydrogen) atoms. The number of nitrogens with zero attached hydrogens (tertiary/aromatic N) is 2. The second-order valence-corrected chi connectivity index (χ2v) is 7.28. The van der Waals surface area contributed by atoms with E-state index in [1.807, 2.05) is 12.3 Å². The molecule has 0 aliphatic rings. The summed E-state index contributed by atoms with van der Waals surface area (Å²) >= 11 is 0. The van der Waals surface area contributed by atoms with Gasteiger partial charge in [0.15, 0.2) is 0 Å². The van der Waals surface area contributed by atoms with Crippen LogP contribution in [0.3, 0.4) is 0 Å². The number of benzene rings is 3. The molecule has 6 rings (SSSR count). The van der Waals surface area contributed by atoms with Crippen LogP contribution in [0.15, 0.2) is 109 Å². The lowest BCUT2D eigenvalue weighted by molar-refractivity contribution is 1.24. The lowest BCUT2D eigenvalue weighted by Gasteiger charge is -2.17. The largest absolute Gasteiger partial charge is 0.293 e. The second-order valence-electron chi connectivity index (χ2n) is 7.28. The molecule has 0 radical (unpaired) electrons. The van der Waals surface area contributed by atoms with Crippen molar-refractivity contribution in [1.82, 2.24) is 9.38 Å². The molecule has 0 amide bonds. The summed E-state index contributed by atoms with van der Waals surface area (Å²) in [5.41, 5.74) is 8.25. The minimum Gasteiger partial charge on any atom is -0.293 e. The van der Waals surface area contributed by atoms with Crippen LogP contribution < -0.4 is 0 Å². The Balaban J connectivity index is 1.93. The third-order valence-electron chi connectivity index (χ3n) is 5.61. The second kappa shape index (κ2) is 6.32. The summed E-state index contributed by atoms with van der Waals surface area (Å²) in [6.07, 6.45) is 1.88. The first-order valence-electron chi connectivity index (χ1n) is 9.83. The van der Waals surface area contributed by atoms with E-state index in [0.717, 1.165) is 11.0 Å². The van der Waals surface area contributed by atoms with Crippen LogP contribution in [-0.2, 0) is 0 Å². The maximum Gasteiger partial charge on any atom is 0.145 e. The van der Waals surface area contributed by atoms with Gasteiger partial charge in [-0.2, -0.15) is 0 Å². The number of hydrogen-bond acceptors (Lipinski definition) is 1. The highest BCUT2D eigenvalue weighted by Crippen LogP contribution is 2.42. The molecular formula is C27H18N2. The van der Waals surface area contributed by atoms with E-state index in [0.29, 0.717) is 0 Å². The normalized spacial score (nSPS) is 11.4. The average Bonchev–Trinajstić information content (AvgIpc) is 3.19. The van der Waals surface area contributed by atoms with E-state index < -0.39 is 0 Å². The van der Waals surface area contributed by atoms with Crippen molar-refractivity contribution in [3.8, 4) is 22.3 Å². The monoisotopic (exact) mass is 370 g/mol. The Morgan fingerprint density at radius 1 is 0.552 bits per heavy atom. The lowest BCUT2D eigenvalue weighted by atomic mass is 9.92. The Bertz CT molecular complexity index is 1480. The minimum absolute atomic E-state index is 0.988. The topological polar surface area (TPSA) is 17.3 Å². The third-order valence-corrected chi connectivity index (χ3v) is 5.61. The zero-order valence-electron chi connectivity index (χ0n) is 15.8. The fourth-order valence-corrected chi connectivity index (χ4v) is 4.40. The Hall–Kier alpha value is -3.91. The molecule has 0 spiro atoms. The molecule has 0 aliphatic carbocycles. The molecular weight excluding hydrogens is 352 g/mol. The summed E-state index contributed by atoms with van der Waals surface area (Å²) in [7, 11) is 0. The summed E-state index contributed by atoms with van der Waals surface area (Å²) in [6, 6.07) is 36.4. The van der Waals surface area contributed by atoms with Crippen molar-refractivity contribution in [2.45, 2.75) is 0 Å². The van der Waals surface area contributed by atoms with E-state index in [9.17, 15) is 0 Å². The van der Waals surface area contributed by atoms with Crippen molar-refractivity contribution in [2.75, 3.05) is 0 Å². The molecule has 6 aromatic rings. The lowest BCUT2D eigenvalue weighted by Crippen LogP contribution is -1.97. The first-order chi connectivity index (χ1) is 14.4. The smallest absolute Gasteiger partial charge is 0.145 e. The summed E-state index contributed by atoms with van der Waals surface area (Å²) in [5, 5.41) is 2.38. The first-order valence-corrected chi connectivity index (χ1v) is 9.83. The van der Waals surface area contributed by atoms with Crippen molar-refractivity contribution in [1.29, 1.82) is 0 Å². The molecule has 136 valence electrons. The van der Waals surface area contributed by atoms with E-state index in [2.05, 4.69) is 101 Å². The summed E-state index contributed by atoms with van der Waals surface area (Å²) in [4.78, 5) is 4.82. The highest BCUT2D eigenvalue weighted by molar-refractivity contribution is 6.10. The molecule has 0 fully saturated rings. The maximum atomic E-state index is 4.82. The SMILES string of the molecule is c1ccc(-c2c(-c3ccccc3)c3cc4ccccc4n3c3ncccc23)cc1. The van der Waals surface area contributed by atoms with Gasteiger partial charge in [0.05, 0.1) is 11.0 Å². The number of aromatic nitrogens is 2. The number of pyridine rings is 2. The van der Waals surface area contributed by atoms with Gasteiger partial charge in [-0.15, -0.1) is 0 Å². The zero-order valence-corrected chi connectivity index (χ0v) is 15.8. The highest BCUT2D eigenvalue weighted by atomic mass is 15.0. The Labute approximate surface area is 168 Å². The van der Waals surface area contributed by atoms with Crippen molar-refractivity contribution in [3.05, 3.63) is 109 Å². The predicted octanol–water partition coefficient (Wildman–Crippen LogP) is 6.97. The van der Waals surface area contributed by atoms with Gasteiger partial charge in [0.2, 0.25) is 0 Å². The fraction of sp³-hybridized carbons (Fsp3) is 0. The summed E-state index contributed by atoms with van der Waals surface area (Å²) < 4.78 is 2.30. The maximum absolute atomic E-state index is 4.82. The molecule has 0 unspecified atom stereocenters. The predicted molar refractivity (Wildman–Crippen MR) is 121 cm³/mol. The van der Waals surface area contributed by atoms with E-state index in [-0.39, 0.29) is 0 Å². The number of rotatable bonds is 2. The molecule has 0 aliphatic heterocycles. The van der Waals surface area contributed by atoms with Gasteiger partial charge in [-0.05, 0) is 35.4 Å². The summed E-state index contributed by atoms with van der Waals surface area (Å²) in [6.45, 7) is 0. The van der Waals surface area contributed by atoms with E-state index in [4.69, 9.17) is 4.98 Å². The Morgan fingerprint density at radius 3 is 1.97 bits per heavy atom. The molecule has 0 atom stereocenters. The molecule has 3 aromatic heterocycles. The van der Waals surface area contributed by atoms with Crippen molar-refractivity contribution < 1.29 is 0 Å². The average molecular weight is 370 g/mol. The fourth-order valence-electron chi connectivity index (χ4n) is 4.40. The highest BCUT2D eigenvalue weighted by Gasteiger charge is 2.19. The van der Waals surface area contributed by atoms with Gasteiger partial charge in [0, 0.05) is 28.1 Å². The van der Waals surface area contributed by atoms with E-state index in [1.165, 1.54) is 38.7 Å². The van der Waals surface area contributed by atoms with Crippen molar-refractivity contribution >= 4 is 27.5 Å². The first kappa shape index (κ1) is 16.1. The number of para-hydroxylation sites is 1. The number of hydrogen-bond donors (Lipinski definition) is 0. The molecule has 0 bridgehead atoms. The van der Waals surface area contributed by atoms with Crippen LogP contribution in [0.4, 0.5) is 0 Å². The van der Waals surface area contributed by atoms with Gasteiger partial charge in [-0.3, -0.25) is 4.40 Å². The molecule has 0 N–H and O–H groups in total. The molecule has 0 saturated carbocycles. The zero-order chi connectivity index (χ0) is 19.2. The van der Waals surface area contributed by atoms with Crippen LogP contribution in [0.5, 0.6) is 0 Å². The van der Waals surface area contributed by atoms with Crippen LogP contribution >= 0.6 is 0 Å². The molecule has 3 heterocycles. The van der Waals surface area contributed by atoms with Gasteiger partial charge in [-0.25, -0.2) is 4.98 Å². The van der Waals surface area contributed by atoms with E-state index in [1.54, 1.807) is 0 Å². The van der Waals surface area contributed by atoms with Crippen molar-refractivity contribution in [3.63, 3.8) is 0 Å². The molecule has 2 heteroatoms. The van der Waals surface area contributed by atoms with Gasteiger partial charge in [0.1, 0.15) is 5.65 Å². The standard InChI is InChI=1S/C27H18N2/c1-3-10-19(11-4-1)25-22-15-9-17-28-27(22)29-23-16-8-7-14-21(23)18-24(29)26(25)20-12-5-2-6-13-20/h1-18H. The van der Waals surface area contributed by atoms with Crippen LogP contribution in [-0.4, -0.2) is 9.38 Å². The van der Waals surface area contributed by atoms with E-state index >= 15 is 0 Å². The van der Waals surface area contributed by atoms with Crippen LogP contribution in [0.1, 0.15) is 0 Å². The summed E-state index contributed by atoms with van der Waals surface area (Å²) in [5.74, 6) is 0. The van der Waals surface area contributed by atoms with Crippen LogP contribution in [0, 0.1) is 0 Å². The number of fused-ring (bicyclic) bond motifs is 5. The quantitative estimate of drug-likeness (QED) is 0.321. The van der Waals surface area contributed by atoms with Gasteiger partial charge in [-0.1, -0.05) is 78.9 Å². The van der Waals surface area contributed by atoms with Gasteiger partial charge >= 0.3 is 0 Å².